The molecule has 8 nitrogen and oxygen atoms in total. The Kier molecular flexibility index (Phi) is 6.35. The van der Waals surface area contributed by atoms with Gasteiger partial charge in [0.25, 0.3) is 5.91 Å². The minimum atomic E-state index is -4.85. The molecule has 2 aromatic carbocycles. The molecule has 2 aliphatic rings. The van der Waals surface area contributed by atoms with Crippen LogP contribution in [0.3, 0.4) is 0 Å². The number of carbonyl (C=O) groups excluding carboxylic acids is 3. The van der Waals surface area contributed by atoms with Crippen molar-refractivity contribution in [3.8, 4) is 11.5 Å². The average molecular weight is 491 g/mol. The SMILES string of the molecule is COc1ccc(C(NC(=O)CN2C(=O)NC(C)(c3ccc(OC(F)(F)F)cc3)C2=O)C2CC2)cc1. The number of ether oxygens (including phenoxy) is 2. The van der Waals surface area contributed by atoms with E-state index in [9.17, 15) is 27.6 Å². The van der Waals surface area contributed by atoms with Gasteiger partial charge in [-0.15, -0.1) is 13.2 Å². The molecule has 2 aromatic rings. The topological polar surface area (TPSA) is 97.0 Å². The lowest BCUT2D eigenvalue weighted by molar-refractivity contribution is -0.274. The van der Waals surface area contributed by atoms with E-state index in [1.165, 1.54) is 19.1 Å². The Bertz CT molecular complexity index is 1120. The third kappa shape index (κ3) is 5.33. The fourth-order valence-corrected chi connectivity index (χ4v) is 4.10. The van der Waals surface area contributed by atoms with E-state index in [0.29, 0.717) is 5.75 Å². The highest BCUT2D eigenvalue weighted by Crippen LogP contribution is 2.41. The maximum atomic E-state index is 13.1. The Morgan fingerprint density at radius 1 is 1.11 bits per heavy atom. The highest BCUT2D eigenvalue weighted by atomic mass is 19.4. The monoisotopic (exact) mass is 491 g/mol. The fraction of sp³-hybridized carbons (Fsp3) is 0.375. The van der Waals surface area contributed by atoms with Crippen LogP contribution in [-0.2, 0) is 15.1 Å². The lowest BCUT2D eigenvalue weighted by Gasteiger charge is -2.23. The van der Waals surface area contributed by atoms with Gasteiger partial charge in [-0.25, -0.2) is 4.79 Å². The van der Waals surface area contributed by atoms with Gasteiger partial charge in [-0.3, -0.25) is 14.5 Å². The summed E-state index contributed by atoms with van der Waals surface area (Å²) < 4.78 is 46.2. The standard InChI is InChI=1S/C24H24F3N3O5/c1-23(16-7-11-18(12-8-16)35-24(25,26)27)21(32)30(22(33)29-23)13-19(31)28-20(14-3-4-14)15-5-9-17(34-2)10-6-15/h5-12,14,20H,3-4,13H2,1-2H3,(H,28,31)(H,29,33). The number of nitrogens with one attached hydrogen (secondary N) is 2. The molecule has 2 fully saturated rings. The number of nitrogens with zero attached hydrogens (tertiary/aromatic N) is 1. The summed E-state index contributed by atoms with van der Waals surface area (Å²) in [4.78, 5) is 39.3. The molecule has 1 saturated carbocycles. The van der Waals surface area contributed by atoms with Crippen LogP contribution in [0.25, 0.3) is 0 Å². The van der Waals surface area contributed by atoms with Crippen molar-refractivity contribution in [2.75, 3.05) is 13.7 Å². The van der Waals surface area contributed by atoms with Gasteiger partial charge < -0.3 is 20.1 Å². The number of urea groups is 1. The van der Waals surface area contributed by atoms with Crippen molar-refractivity contribution in [3.63, 3.8) is 0 Å². The summed E-state index contributed by atoms with van der Waals surface area (Å²) in [6, 6.07) is 10.9. The Morgan fingerprint density at radius 2 is 1.71 bits per heavy atom. The largest absolute Gasteiger partial charge is 0.573 e. The van der Waals surface area contributed by atoms with E-state index in [1.54, 1.807) is 19.2 Å². The first-order chi connectivity index (χ1) is 16.5. The minimum absolute atomic E-state index is 0.252. The number of methoxy groups -OCH3 is 1. The molecule has 35 heavy (non-hydrogen) atoms. The maximum absolute atomic E-state index is 13.1. The molecule has 186 valence electrons. The van der Waals surface area contributed by atoms with E-state index in [2.05, 4.69) is 15.4 Å². The number of hydrogen-bond acceptors (Lipinski definition) is 5. The van der Waals surface area contributed by atoms with Crippen LogP contribution in [-0.4, -0.2) is 42.8 Å². The van der Waals surface area contributed by atoms with Crippen LogP contribution in [0, 0.1) is 5.92 Å². The molecular formula is C24H24F3N3O5. The van der Waals surface area contributed by atoms with Gasteiger partial charge in [-0.2, -0.15) is 0 Å². The second-order valence-electron chi connectivity index (χ2n) is 8.67. The molecule has 0 bridgehead atoms. The van der Waals surface area contributed by atoms with E-state index >= 15 is 0 Å². The zero-order valence-electron chi connectivity index (χ0n) is 19.0. The number of imide groups is 1. The van der Waals surface area contributed by atoms with Crippen LogP contribution >= 0.6 is 0 Å². The van der Waals surface area contributed by atoms with Crippen molar-refractivity contribution in [2.24, 2.45) is 5.92 Å². The first-order valence-electron chi connectivity index (χ1n) is 10.9. The quantitative estimate of drug-likeness (QED) is 0.550. The number of alkyl halides is 3. The average Bonchev–Trinajstić information content (AvgIpc) is 3.62. The molecule has 2 N–H and O–H groups in total. The van der Waals surface area contributed by atoms with Crippen molar-refractivity contribution in [2.45, 2.75) is 37.7 Å². The van der Waals surface area contributed by atoms with Crippen molar-refractivity contribution < 1.29 is 37.0 Å². The lowest BCUT2D eigenvalue weighted by atomic mass is 9.92. The second-order valence-corrected chi connectivity index (χ2v) is 8.67. The molecule has 4 amide bonds. The van der Waals surface area contributed by atoms with E-state index in [0.717, 1.165) is 35.4 Å². The normalized spacial score (nSPS) is 20.9. The number of carbonyl (C=O) groups is 3. The van der Waals surface area contributed by atoms with E-state index in [4.69, 9.17) is 4.74 Å². The summed E-state index contributed by atoms with van der Waals surface area (Å²) in [6.45, 7) is 0.935. The summed E-state index contributed by atoms with van der Waals surface area (Å²) in [7, 11) is 1.56. The van der Waals surface area contributed by atoms with Crippen LogP contribution in [0.5, 0.6) is 11.5 Å². The molecule has 0 aromatic heterocycles. The Balaban J connectivity index is 1.44. The van der Waals surface area contributed by atoms with Gasteiger partial charge in [0.05, 0.1) is 13.2 Å². The van der Waals surface area contributed by atoms with Crippen LogP contribution < -0.4 is 20.1 Å². The number of hydrogen-bond donors (Lipinski definition) is 2. The number of halogens is 3. The maximum Gasteiger partial charge on any atom is 0.573 e. The Hall–Kier alpha value is -3.76. The first kappa shape index (κ1) is 24.4. The third-order valence-corrected chi connectivity index (χ3v) is 6.13. The van der Waals surface area contributed by atoms with Crippen LogP contribution in [0.1, 0.15) is 36.9 Å². The number of rotatable bonds is 8. The van der Waals surface area contributed by atoms with Gasteiger partial charge in [0.15, 0.2) is 0 Å². The van der Waals surface area contributed by atoms with E-state index in [1.807, 2.05) is 12.1 Å². The van der Waals surface area contributed by atoms with Crippen LogP contribution in [0.4, 0.5) is 18.0 Å². The second kappa shape index (κ2) is 9.12. The predicted molar refractivity (Wildman–Crippen MR) is 117 cm³/mol. The summed E-state index contributed by atoms with van der Waals surface area (Å²) >= 11 is 0. The predicted octanol–water partition coefficient (Wildman–Crippen LogP) is 3.63. The van der Waals surface area contributed by atoms with Crippen molar-refractivity contribution in [1.82, 2.24) is 15.5 Å². The number of benzene rings is 2. The Morgan fingerprint density at radius 3 is 2.26 bits per heavy atom. The molecule has 1 aliphatic heterocycles. The summed E-state index contributed by atoms with van der Waals surface area (Å²) in [5.41, 5.74) is -0.396. The highest BCUT2D eigenvalue weighted by Gasteiger charge is 2.49. The zero-order chi connectivity index (χ0) is 25.4. The van der Waals surface area contributed by atoms with E-state index < -0.39 is 42.0 Å². The first-order valence-corrected chi connectivity index (χ1v) is 10.9. The van der Waals surface area contributed by atoms with Crippen LogP contribution in [0.2, 0.25) is 0 Å². The van der Waals surface area contributed by atoms with Gasteiger partial charge in [-0.05, 0) is 61.1 Å². The lowest BCUT2D eigenvalue weighted by Crippen LogP contribution is -2.44. The molecule has 1 heterocycles. The molecule has 0 radical (unpaired) electrons. The van der Waals surface area contributed by atoms with Gasteiger partial charge in [-0.1, -0.05) is 24.3 Å². The van der Waals surface area contributed by atoms with E-state index in [-0.39, 0.29) is 17.5 Å². The molecule has 0 spiro atoms. The summed E-state index contributed by atoms with van der Waals surface area (Å²) in [6.07, 6.45) is -2.95. The third-order valence-electron chi connectivity index (χ3n) is 6.13. The van der Waals surface area contributed by atoms with Gasteiger partial charge in [0, 0.05) is 0 Å². The molecule has 11 heteroatoms. The fourth-order valence-electron chi connectivity index (χ4n) is 4.10. The molecule has 1 aliphatic carbocycles. The minimum Gasteiger partial charge on any atom is -0.497 e. The van der Waals surface area contributed by atoms with Crippen molar-refractivity contribution >= 4 is 17.8 Å². The van der Waals surface area contributed by atoms with Crippen LogP contribution in [0.15, 0.2) is 48.5 Å². The Labute approximate surface area is 199 Å². The van der Waals surface area contributed by atoms with Crippen molar-refractivity contribution in [1.29, 1.82) is 0 Å². The molecule has 4 rings (SSSR count). The molecule has 2 atom stereocenters. The summed E-state index contributed by atoms with van der Waals surface area (Å²) in [5, 5.41) is 5.45. The van der Waals surface area contributed by atoms with Gasteiger partial charge >= 0.3 is 12.4 Å². The summed E-state index contributed by atoms with van der Waals surface area (Å²) in [5.74, 6) is -0.694. The smallest absolute Gasteiger partial charge is 0.497 e. The molecule has 2 unspecified atom stereocenters. The zero-order valence-corrected chi connectivity index (χ0v) is 19.0. The van der Waals surface area contributed by atoms with Gasteiger partial charge in [0.2, 0.25) is 5.91 Å². The number of amides is 4. The van der Waals surface area contributed by atoms with Crippen molar-refractivity contribution in [3.05, 3.63) is 59.7 Å². The molecular weight excluding hydrogens is 467 g/mol. The van der Waals surface area contributed by atoms with Gasteiger partial charge in [0.1, 0.15) is 23.6 Å². The highest BCUT2D eigenvalue weighted by molar-refractivity contribution is 6.09. The molecule has 1 saturated heterocycles.